The van der Waals surface area contributed by atoms with Gasteiger partial charge in [-0.1, -0.05) is 17.3 Å². The topological polar surface area (TPSA) is 87.8 Å². The molecule has 1 aliphatic rings. The lowest BCUT2D eigenvalue weighted by Crippen LogP contribution is -2.53. The van der Waals surface area contributed by atoms with Gasteiger partial charge < -0.3 is 19.7 Å². The van der Waals surface area contributed by atoms with Gasteiger partial charge in [0.25, 0.3) is 5.91 Å². The molecule has 0 unspecified atom stereocenters. The van der Waals surface area contributed by atoms with Gasteiger partial charge in [0.2, 0.25) is 0 Å². The number of amides is 1. The van der Waals surface area contributed by atoms with Gasteiger partial charge in [0.15, 0.2) is 0 Å². The molecular formula is C20H27N3O4. The fraction of sp³-hybridized carbons (Fsp3) is 0.500. The van der Waals surface area contributed by atoms with E-state index >= 15 is 0 Å². The molecular weight excluding hydrogens is 346 g/mol. The molecule has 2 aromatic rings. The fourth-order valence-corrected chi connectivity index (χ4v) is 3.43. The minimum Gasteiger partial charge on any atom is -0.390 e. The Hall–Kier alpha value is -2.22. The van der Waals surface area contributed by atoms with Crippen LogP contribution in [0.3, 0.4) is 0 Å². The van der Waals surface area contributed by atoms with Gasteiger partial charge in [-0.05, 0) is 38.0 Å². The number of aryl methyl sites for hydroxylation is 2. The molecule has 7 nitrogen and oxygen atoms in total. The molecule has 27 heavy (non-hydrogen) atoms. The van der Waals surface area contributed by atoms with Gasteiger partial charge in [0, 0.05) is 37.9 Å². The van der Waals surface area contributed by atoms with E-state index in [1.54, 1.807) is 19.2 Å². The van der Waals surface area contributed by atoms with Gasteiger partial charge in [-0.2, -0.15) is 0 Å². The number of carbonyl (C=O) groups is 1. The first-order chi connectivity index (χ1) is 13.0. The molecule has 0 aliphatic carbocycles. The molecule has 0 bridgehead atoms. The van der Waals surface area contributed by atoms with Crippen LogP contribution >= 0.6 is 0 Å². The van der Waals surface area contributed by atoms with Crippen LogP contribution in [-0.2, 0) is 17.9 Å². The molecule has 3 rings (SSSR count). The van der Waals surface area contributed by atoms with Crippen molar-refractivity contribution >= 4 is 5.91 Å². The number of hydrogen-bond acceptors (Lipinski definition) is 6. The van der Waals surface area contributed by atoms with Crippen LogP contribution in [0.2, 0.25) is 0 Å². The summed E-state index contributed by atoms with van der Waals surface area (Å²) in [5, 5.41) is 17.4. The highest BCUT2D eigenvalue weighted by Gasteiger charge is 2.30. The highest BCUT2D eigenvalue weighted by Crippen LogP contribution is 2.19. The third-order valence-electron chi connectivity index (χ3n) is 5.07. The quantitative estimate of drug-likeness (QED) is 0.803. The Labute approximate surface area is 159 Å². The second-order valence-corrected chi connectivity index (χ2v) is 7.10. The van der Waals surface area contributed by atoms with Gasteiger partial charge in [0.1, 0.15) is 5.76 Å². The number of carbonyl (C=O) groups excluding carboxylic acids is 1. The predicted molar refractivity (Wildman–Crippen MR) is 100 cm³/mol. The summed E-state index contributed by atoms with van der Waals surface area (Å²) in [5.74, 6) is 0.650. The lowest BCUT2D eigenvalue weighted by Gasteiger charge is -2.36. The van der Waals surface area contributed by atoms with E-state index in [1.165, 1.54) is 0 Å². The van der Waals surface area contributed by atoms with Crippen LogP contribution in [0.25, 0.3) is 0 Å². The molecule has 1 amide bonds. The van der Waals surface area contributed by atoms with Crippen molar-refractivity contribution in [3.63, 3.8) is 0 Å². The van der Waals surface area contributed by atoms with E-state index in [-0.39, 0.29) is 11.9 Å². The van der Waals surface area contributed by atoms with Gasteiger partial charge in [0.05, 0.1) is 24.4 Å². The zero-order valence-corrected chi connectivity index (χ0v) is 16.1. The number of hydrogen-bond donors (Lipinski definition) is 2. The molecule has 1 aromatic heterocycles. The lowest BCUT2D eigenvalue weighted by molar-refractivity contribution is 0.0347. The molecule has 1 aromatic carbocycles. The summed E-state index contributed by atoms with van der Waals surface area (Å²) >= 11 is 0. The molecule has 2 heterocycles. The van der Waals surface area contributed by atoms with E-state index in [9.17, 15) is 9.90 Å². The monoisotopic (exact) mass is 373 g/mol. The van der Waals surface area contributed by atoms with Gasteiger partial charge in [-0.25, -0.2) is 0 Å². The number of aromatic nitrogens is 1. The first-order valence-electron chi connectivity index (χ1n) is 9.19. The standard InChI is InChI=1S/C20H27N3O4/c1-13-17(14(2)27-22-13)10-23-9-8-18(19(24)11-23)21-20(25)16-6-4-15(5-7-16)12-26-3/h4-7,18-19,24H,8-12H2,1-3H3,(H,21,25)/t18-,19-/m1/s1. The summed E-state index contributed by atoms with van der Waals surface area (Å²) in [4.78, 5) is 14.6. The Morgan fingerprint density at radius 1 is 1.37 bits per heavy atom. The minimum atomic E-state index is -0.615. The largest absolute Gasteiger partial charge is 0.390 e. The molecule has 2 N–H and O–H groups in total. The molecule has 0 radical (unpaired) electrons. The summed E-state index contributed by atoms with van der Waals surface area (Å²) in [6.45, 7) is 6.33. The number of piperidine rings is 1. The van der Waals surface area contributed by atoms with E-state index < -0.39 is 6.10 Å². The van der Waals surface area contributed by atoms with Crippen LogP contribution in [0.5, 0.6) is 0 Å². The van der Waals surface area contributed by atoms with E-state index in [0.717, 1.165) is 29.1 Å². The summed E-state index contributed by atoms with van der Waals surface area (Å²) < 4.78 is 10.3. The highest BCUT2D eigenvalue weighted by molar-refractivity contribution is 5.94. The number of nitrogens with zero attached hydrogens (tertiary/aromatic N) is 2. The van der Waals surface area contributed by atoms with Crippen LogP contribution in [0.1, 0.15) is 39.4 Å². The van der Waals surface area contributed by atoms with E-state index in [2.05, 4.69) is 15.4 Å². The number of methoxy groups -OCH3 is 1. The molecule has 0 spiro atoms. The van der Waals surface area contributed by atoms with Crippen molar-refractivity contribution in [3.8, 4) is 0 Å². The Morgan fingerprint density at radius 2 is 2.11 bits per heavy atom. The third kappa shape index (κ3) is 4.74. The fourth-order valence-electron chi connectivity index (χ4n) is 3.43. The van der Waals surface area contributed by atoms with E-state index in [0.29, 0.717) is 31.7 Å². The maximum atomic E-state index is 12.5. The van der Waals surface area contributed by atoms with Crippen LogP contribution < -0.4 is 5.32 Å². The SMILES string of the molecule is COCc1ccc(C(=O)N[C@@H]2CCN(Cc3c(C)noc3C)C[C@H]2O)cc1. The van der Waals surface area contributed by atoms with Crippen molar-refractivity contribution in [2.24, 2.45) is 0 Å². The maximum absolute atomic E-state index is 12.5. The number of aliphatic hydroxyl groups is 1. The minimum absolute atomic E-state index is 0.165. The number of ether oxygens (including phenoxy) is 1. The van der Waals surface area contributed by atoms with E-state index in [1.807, 2.05) is 26.0 Å². The van der Waals surface area contributed by atoms with Crippen molar-refractivity contribution in [1.82, 2.24) is 15.4 Å². The van der Waals surface area contributed by atoms with Crippen molar-refractivity contribution in [2.45, 2.75) is 45.6 Å². The molecule has 146 valence electrons. The average molecular weight is 373 g/mol. The maximum Gasteiger partial charge on any atom is 0.251 e. The van der Waals surface area contributed by atoms with Gasteiger partial charge in [-0.3, -0.25) is 9.69 Å². The van der Waals surface area contributed by atoms with Crippen molar-refractivity contribution < 1.29 is 19.2 Å². The van der Waals surface area contributed by atoms with Crippen molar-refractivity contribution in [1.29, 1.82) is 0 Å². The second-order valence-electron chi connectivity index (χ2n) is 7.10. The lowest BCUT2D eigenvalue weighted by atomic mass is 10.00. The van der Waals surface area contributed by atoms with Crippen molar-refractivity contribution in [2.75, 3.05) is 20.2 Å². The Morgan fingerprint density at radius 3 is 2.70 bits per heavy atom. The number of β-amino-alcohol motifs (C(OH)–C–C–N with tert-alkyl or cyclic N) is 1. The normalized spacial score (nSPS) is 20.6. The average Bonchev–Trinajstić information content (AvgIpc) is 2.97. The zero-order chi connectivity index (χ0) is 19.4. The van der Waals surface area contributed by atoms with E-state index in [4.69, 9.17) is 9.26 Å². The van der Waals surface area contributed by atoms with Crippen molar-refractivity contribution in [3.05, 3.63) is 52.4 Å². The molecule has 0 saturated carbocycles. The summed E-state index contributed by atoms with van der Waals surface area (Å²) in [5.41, 5.74) is 3.55. The first-order valence-corrected chi connectivity index (χ1v) is 9.19. The van der Waals surface area contributed by atoms with Gasteiger partial charge in [-0.15, -0.1) is 0 Å². The van der Waals surface area contributed by atoms with Crippen LogP contribution in [-0.4, -0.2) is 53.4 Å². The number of benzene rings is 1. The number of aliphatic hydroxyl groups excluding tert-OH is 1. The summed E-state index contributed by atoms with van der Waals surface area (Å²) in [6, 6.07) is 7.06. The predicted octanol–water partition coefficient (Wildman–Crippen LogP) is 1.80. The molecule has 1 saturated heterocycles. The van der Waals surface area contributed by atoms with Crippen LogP contribution in [0.15, 0.2) is 28.8 Å². The summed E-state index contributed by atoms with van der Waals surface area (Å²) in [6.07, 6.45) is 0.0776. The Bertz CT molecular complexity index is 753. The zero-order valence-electron chi connectivity index (χ0n) is 16.1. The first kappa shape index (κ1) is 19.5. The third-order valence-corrected chi connectivity index (χ3v) is 5.07. The highest BCUT2D eigenvalue weighted by atomic mass is 16.5. The van der Waals surface area contributed by atoms with Gasteiger partial charge >= 0.3 is 0 Å². The summed E-state index contributed by atoms with van der Waals surface area (Å²) in [7, 11) is 1.64. The Kier molecular flexibility index (Phi) is 6.26. The molecule has 1 fully saturated rings. The smallest absolute Gasteiger partial charge is 0.251 e. The Balaban J connectivity index is 1.54. The number of likely N-dealkylation sites (tertiary alicyclic amines) is 1. The van der Waals surface area contributed by atoms with Crippen LogP contribution in [0.4, 0.5) is 0 Å². The molecule has 7 heteroatoms. The molecule has 1 aliphatic heterocycles. The number of nitrogens with one attached hydrogen (secondary N) is 1. The molecule has 2 atom stereocenters. The number of rotatable bonds is 6. The second kappa shape index (κ2) is 8.65. The van der Waals surface area contributed by atoms with Crippen LogP contribution in [0, 0.1) is 13.8 Å².